The van der Waals surface area contributed by atoms with Gasteiger partial charge < -0.3 is 14.8 Å². The van der Waals surface area contributed by atoms with Crippen LogP contribution in [-0.4, -0.2) is 34.7 Å². The lowest BCUT2D eigenvalue weighted by Crippen LogP contribution is -2.43. The number of nitrogens with one attached hydrogen (secondary N) is 1. The molecule has 1 saturated heterocycles. The molecule has 3 unspecified atom stereocenters. The fourth-order valence-electron chi connectivity index (χ4n) is 2.42. The molecule has 0 spiro atoms. The molecule has 1 aromatic rings. The number of aliphatic hydroxyl groups is 1. The zero-order valence-electron chi connectivity index (χ0n) is 10.1. The molecule has 1 aromatic heterocycles. The summed E-state index contributed by atoms with van der Waals surface area (Å²) in [6.45, 7) is 0.375. The highest BCUT2D eigenvalue weighted by Crippen LogP contribution is 2.47. The zero-order chi connectivity index (χ0) is 12.6. The zero-order valence-corrected chi connectivity index (χ0v) is 10.9. The molecule has 18 heavy (non-hydrogen) atoms. The summed E-state index contributed by atoms with van der Waals surface area (Å²) in [7, 11) is 0. The van der Waals surface area contributed by atoms with Crippen LogP contribution in [0.2, 0.25) is 0 Å². The van der Waals surface area contributed by atoms with Gasteiger partial charge in [-0.25, -0.2) is 0 Å². The van der Waals surface area contributed by atoms with Gasteiger partial charge in [0, 0.05) is 24.1 Å². The molecule has 2 heterocycles. The number of rotatable bonds is 4. The lowest BCUT2D eigenvalue weighted by molar-refractivity contribution is -0.123. The molecule has 1 aliphatic carbocycles. The number of furan rings is 1. The number of thioether (sulfide) groups is 1. The third kappa shape index (κ3) is 2.42. The van der Waals surface area contributed by atoms with Gasteiger partial charge in [0.15, 0.2) is 0 Å². The van der Waals surface area contributed by atoms with Gasteiger partial charge in [-0.15, -0.1) is 0 Å². The van der Waals surface area contributed by atoms with Crippen LogP contribution in [0.3, 0.4) is 0 Å². The van der Waals surface area contributed by atoms with Crippen LogP contribution in [0.15, 0.2) is 22.8 Å². The molecule has 0 bridgehead atoms. The maximum Gasteiger partial charge on any atom is 0.223 e. The van der Waals surface area contributed by atoms with Gasteiger partial charge in [-0.05, 0) is 30.7 Å². The Bertz CT molecular complexity index is 425. The summed E-state index contributed by atoms with van der Waals surface area (Å²) < 4.78 is 5.30. The van der Waals surface area contributed by atoms with Gasteiger partial charge in [-0.3, -0.25) is 4.79 Å². The minimum Gasteiger partial charge on any atom is -0.469 e. The van der Waals surface area contributed by atoms with Gasteiger partial charge in [0.05, 0.1) is 11.9 Å². The molecule has 2 aliphatic rings. The SMILES string of the molecule is O=C(NCC1(O)CCSC1)C1CC1c1ccco1. The van der Waals surface area contributed by atoms with E-state index in [1.54, 1.807) is 18.0 Å². The lowest BCUT2D eigenvalue weighted by atomic mass is 10.0. The molecule has 98 valence electrons. The van der Waals surface area contributed by atoms with Crippen molar-refractivity contribution in [1.82, 2.24) is 5.32 Å². The molecule has 4 nitrogen and oxygen atoms in total. The van der Waals surface area contributed by atoms with Crippen molar-refractivity contribution >= 4 is 17.7 Å². The summed E-state index contributed by atoms with van der Waals surface area (Å²) in [4.78, 5) is 11.9. The maximum absolute atomic E-state index is 11.9. The lowest BCUT2D eigenvalue weighted by Gasteiger charge is -2.21. The van der Waals surface area contributed by atoms with E-state index >= 15 is 0 Å². The van der Waals surface area contributed by atoms with Crippen LogP contribution in [0.4, 0.5) is 0 Å². The summed E-state index contributed by atoms with van der Waals surface area (Å²) in [5.41, 5.74) is -0.699. The number of hydrogen-bond acceptors (Lipinski definition) is 4. The first-order valence-corrected chi connectivity index (χ1v) is 7.45. The minimum atomic E-state index is -0.699. The first-order valence-electron chi connectivity index (χ1n) is 6.29. The first-order chi connectivity index (χ1) is 8.68. The van der Waals surface area contributed by atoms with E-state index in [4.69, 9.17) is 4.42 Å². The standard InChI is InChI=1S/C13H17NO3S/c15-12(14-7-13(16)3-5-18-8-13)10-6-9(10)11-2-1-4-17-11/h1-2,4,9-10,16H,3,5-8H2,(H,14,15). The van der Waals surface area contributed by atoms with Gasteiger partial charge in [0.25, 0.3) is 0 Å². The van der Waals surface area contributed by atoms with Crippen molar-refractivity contribution in [2.24, 2.45) is 5.92 Å². The van der Waals surface area contributed by atoms with Crippen molar-refractivity contribution in [3.05, 3.63) is 24.2 Å². The molecule has 5 heteroatoms. The van der Waals surface area contributed by atoms with Crippen molar-refractivity contribution in [3.63, 3.8) is 0 Å². The van der Waals surface area contributed by atoms with Crippen LogP contribution in [0.25, 0.3) is 0 Å². The van der Waals surface area contributed by atoms with Gasteiger partial charge >= 0.3 is 0 Å². The quantitative estimate of drug-likeness (QED) is 0.865. The third-order valence-corrected chi connectivity index (χ3v) is 4.94. The van der Waals surface area contributed by atoms with Gasteiger partial charge in [0.1, 0.15) is 5.76 Å². The Balaban J connectivity index is 1.49. The van der Waals surface area contributed by atoms with Gasteiger partial charge in [-0.1, -0.05) is 0 Å². The summed E-state index contributed by atoms with van der Waals surface area (Å²) in [5, 5.41) is 13.0. The molecule has 3 rings (SSSR count). The average Bonchev–Trinajstić information content (AvgIpc) is 2.78. The predicted octanol–water partition coefficient (Wildman–Crippen LogP) is 1.37. The molecule has 1 saturated carbocycles. The van der Waals surface area contributed by atoms with E-state index in [2.05, 4.69) is 5.32 Å². The van der Waals surface area contributed by atoms with Gasteiger partial charge in [0.2, 0.25) is 5.91 Å². The third-order valence-electron chi connectivity index (χ3n) is 3.71. The highest BCUT2D eigenvalue weighted by Gasteiger charge is 2.46. The van der Waals surface area contributed by atoms with Crippen LogP contribution >= 0.6 is 11.8 Å². The monoisotopic (exact) mass is 267 g/mol. The van der Waals surface area contributed by atoms with Crippen molar-refractivity contribution in [3.8, 4) is 0 Å². The molecule has 1 amide bonds. The fourth-order valence-corrected chi connectivity index (χ4v) is 3.72. The molecule has 1 aliphatic heterocycles. The number of carbonyl (C=O) groups excluding carboxylic acids is 1. The van der Waals surface area contributed by atoms with Gasteiger partial charge in [-0.2, -0.15) is 11.8 Å². The fraction of sp³-hybridized carbons (Fsp3) is 0.615. The highest BCUT2D eigenvalue weighted by molar-refractivity contribution is 7.99. The Morgan fingerprint density at radius 2 is 2.56 bits per heavy atom. The molecule has 3 atom stereocenters. The van der Waals surface area contributed by atoms with E-state index in [9.17, 15) is 9.90 Å². The molecule has 2 N–H and O–H groups in total. The highest BCUT2D eigenvalue weighted by atomic mass is 32.2. The topological polar surface area (TPSA) is 62.5 Å². The summed E-state index contributed by atoms with van der Waals surface area (Å²) in [6, 6.07) is 3.76. The van der Waals surface area contributed by atoms with E-state index in [1.165, 1.54) is 0 Å². The van der Waals surface area contributed by atoms with Crippen LogP contribution in [0.5, 0.6) is 0 Å². The van der Waals surface area contributed by atoms with E-state index in [-0.39, 0.29) is 17.7 Å². The van der Waals surface area contributed by atoms with Crippen LogP contribution < -0.4 is 5.32 Å². The summed E-state index contributed by atoms with van der Waals surface area (Å²) in [6.07, 6.45) is 3.26. The van der Waals surface area contributed by atoms with E-state index < -0.39 is 5.60 Å². The van der Waals surface area contributed by atoms with Crippen LogP contribution in [-0.2, 0) is 4.79 Å². The Labute approximate surface area is 110 Å². The molecular formula is C13H17NO3S. The number of hydrogen-bond donors (Lipinski definition) is 2. The molecule has 0 radical (unpaired) electrons. The maximum atomic E-state index is 11.9. The Kier molecular flexibility index (Phi) is 3.11. The van der Waals surface area contributed by atoms with Crippen molar-refractivity contribution in [1.29, 1.82) is 0 Å². The molecule has 0 aromatic carbocycles. The number of carbonyl (C=O) groups is 1. The molecular weight excluding hydrogens is 250 g/mol. The minimum absolute atomic E-state index is 0.0220. The Hall–Kier alpha value is -0.940. The first kappa shape index (κ1) is 12.1. The second-order valence-electron chi connectivity index (χ2n) is 5.21. The smallest absolute Gasteiger partial charge is 0.223 e. The van der Waals surface area contributed by atoms with E-state index in [0.717, 1.165) is 30.1 Å². The summed E-state index contributed by atoms with van der Waals surface area (Å²) in [5.74, 6) is 2.89. The van der Waals surface area contributed by atoms with E-state index in [0.29, 0.717) is 6.54 Å². The Morgan fingerprint density at radius 1 is 1.67 bits per heavy atom. The second-order valence-corrected chi connectivity index (χ2v) is 6.31. The van der Waals surface area contributed by atoms with Crippen molar-refractivity contribution in [2.75, 3.05) is 18.1 Å². The Morgan fingerprint density at radius 3 is 3.22 bits per heavy atom. The number of amides is 1. The average molecular weight is 267 g/mol. The molecule has 2 fully saturated rings. The van der Waals surface area contributed by atoms with E-state index in [1.807, 2.05) is 12.1 Å². The van der Waals surface area contributed by atoms with Crippen LogP contribution in [0.1, 0.15) is 24.5 Å². The second kappa shape index (κ2) is 4.63. The van der Waals surface area contributed by atoms with Crippen LogP contribution in [0, 0.1) is 5.92 Å². The normalized spacial score (nSPS) is 34.5. The largest absolute Gasteiger partial charge is 0.469 e. The van der Waals surface area contributed by atoms with Crippen molar-refractivity contribution < 1.29 is 14.3 Å². The predicted molar refractivity (Wildman–Crippen MR) is 69.5 cm³/mol. The van der Waals surface area contributed by atoms with Crippen molar-refractivity contribution in [2.45, 2.75) is 24.4 Å². The summed E-state index contributed by atoms with van der Waals surface area (Å²) >= 11 is 1.74.